The Morgan fingerprint density at radius 3 is 2.56 bits per heavy atom. The van der Waals surface area contributed by atoms with E-state index < -0.39 is 16.8 Å². The summed E-state index contributed by atoms with van der Waals surface area (Å²) in [7, 11) is 1.87. The molecule has 6 nitrogen and oxygen atoms in total. The summed E-state index contributed by atoms with van der Waals surface area (Å²) in [5.74, 6) is -0.713. The molecule has 1 unspecified atom stereocenters. The van der Waals surface area contributed by atoms with E-state index in [1.807, 2.05) is 45.7 Å². The van der Waals surface area contributed by atoms with Crippen LogP contribution in [0.2, 0.25) is 0 Å². The molecule has 0 fully saturated rings. The van der Waals surface area contributed by atoms with Gasteiger partial charge in [0.2, 0.25) is 0 Å². The topological polar surface area (TPSA) is 72.7 Å². The van der Waals surface area contributed by atoms with E-state index in [-0.39, 0.29) is 11.6 Å². The number of rotatable bonds is 5. The van der Waals surface area contributed by atoms with Crippen LogP contribution in [0.4, 0.5) is 5.69 Å². The number of para-hydroxylation sites is 1. The molecule has 0 aromatic heterocycles. The van der Waals surface area contributed by atoms with Crippen molar-refractivity contribution in [2.45, 2.75) is 33.6 Å². The quantitative estimate of drug-likeness (QED) is 0.458. The molecule has 0 saturated heterocycles. The van der Waals surface area contributed by atoms with Gasteiger partial charge in [-0.1, -0.05) is 38.1 Å². The highest BCUT2D eigenvalue weighted by Gasteiger charge is 2.33. The average Bonchev–Trinajstić information content (AvgIpc) is 2.57. The molecule has 134 valence electrons. The third-order valence-corrected chi connectivity index (χ3v) is 4.38. The van der Waals surface area contributed by atoms with E-state index in [0.717, 1.165) is 11.4 Å². The van der Waals surface area contributed by atoms with Crippen molar-refractivity contribution in [3.63, 3.8) is 0 Å². The lowest BCUT2D eigenvalue weighted by Gasteiger charge is -2.32. The normalized spacial score (nSPS) is 17.6. The minimum Gasteiger partial charge on any atom is -0.462 e. The van der Waals surface area contributed by atoms with Crippen LogP contribution in [0, 0.1) is 16.0 Å². The zero-order chi connectivity index (χ0) is 18.7. The van der Waals surface area contributed by atoms with Gasteiger partial charge in [0.15, 0.2) is 0 Å². The maximum atomic E-state index is 12.7. The van der Waals surface area contributed by atoms with Crippen LogP contribution in [0.15, 0.2) is 47.3 Å². The van der Waals surface area contributed by atoms with Crippen molar-refractivity contribution >= 4 is 11.7 Å². The SMILES string of the molecule is CC1=CC(c2ccccc2[N+](=O)[O-])C(C(=O)OCC(C)C)=C(C)N1C. The molecule has 0 amide bonds. The minimum atomic E-state index is -0.502. The molecule has 6 heteroatoms. The summed E-state index contributed by atoms with van der Waals surface area (Å²) in [6.45, 7) is 7.99. The first-order chi connectivity index (χ1) is 11.7. The van der Waals surface area contributed by atoms with Crippen LogP contribution in [0.5, 0.6) is 0 Å². The third kappa shape index (κ3) is 3.90. The lowest BCUT2D eigenvalue weighted by molar-refractivity contribution is -0.385. The Bertz CT molecular complexity index is 750. The van der Waals surface area contributed by atoms with Gasteiger partial charge in [-0.05, 0) is 19.8 Å². The second kappa shape index (κ2) is 7.51. The zero-order valence-corrected chi connectivity index (χ0v) is 15.3. The summed E-state index contributed by atoms with van der Waals surface area (Å²) in [6.07, 6.45) is 1.88. The molecule has 0 radical (unpaired) electrons. The summed E-state index contributed by atoms with van der Waals surface area (Å²) in [4.78, 5) is 25.6. The molecule has 1 aromatic rings. The zero-order valence-electron chi connectivity index (χ0n) is 15.3. The molecule has 0 N–H and O–H groups in total. The average molecular weight is 344 g/mol. The van der Waals surface area contributed by atoms with Crippen molar-refractivity contribution in [2.24, 2.45) is 5.92 Å². The molecule has 1 atom stereocenters. The number of allylic oxidation sites excluding steroid dienone is 3. The van der Waals surface area contributed by atoms with E-state index in [1.54, 1.807) is 18.2 Å². The van der Waals surface area contributed by atoms with Crippen molar-refractivity contribution in [1.82, 2.24) is 4.90 Å². The summed E-state index contributed by atoms with van der Waals surface area (Å²) in [5.41, 5.74) is 2.62. The Kier molecular flexibility index (Phi) is 5.62. The highest BCUT2D eigenvalue weighted by atomic mass is 16.6. The minimum absolute atomic E-state index is 0.00284. The van der Waals surface area contributed by atoms with Crippen LogP contribution in [-0.4, -0.2) is 29.4 Å². The van der Waals surface area contributed by atoms with E-state index in [0.29, 0.717) is 17.7 Å². The molecule has 2 rings (SSSR count). The van der Waals surface area contributed by atoms with E-state index in [9.17, 15) is 14.9 Å². The van der Waals surface area contributed by atoms with Crippen molar-refractivity contribution in [1.29, 1.82) is 0 Å². The second-order valence-corrected chi connectivity index (χ2v) is 6.65. The van der Waals surface area contributed by atoms with E-state index >= 15 is 0 Å². The number of esters is 1. The third-order valence-electron chi connectivity index (χ3n) is 4.38. The predicted octanol–water partition coefficient (Wildman–Crippen LogP) is 4.00. The molecule has 0 spiro atoms. The van der Waals surface area contributed by atoms with Gasteiger partial charge in [-0.2, -0.15) is 0 Å². The molecular weight excluding hydrogens is 320 g/mol. The van der Waals surface area contributed by atoms with Gasteiger partial charge in [0.1, 0.15) is 0 Å². The fourth-order valence-corrected chi connectivity index (χ4v) is 2.86. The standard InChI is InChI=1S/C19H24N2O4/c1-12(2)11-25-19(22)18-14(4)20(5)13(3)10-16(18)15-8-6-7-9-17(15)21(23)24/h6-10,12,16H,11H2,1-5H3. The molecule has 0 bridgehead atoms. The van der Waals surface area contributed by atoms with Crippen LogP contribution in [0.3, 0.4) is 0 Å². The number of hydrogen-bond donors (Lipinski definition) is 0. The van der Waals surface area contributed by atoms with Crippen molar-refractivity contribution < 1.29 is 14.5 Å². The summed E-state index contributed by atoms with van der Waals surface area (Å²) >= 11 is 0. The van der Waals surface area contributed by atoms with Crippen molar-refractivity contribution in [2.75, 3.05) is 13.7 Å². The first kappa shape index (κ1) is 18.7. The maximum Gasteiger partial charge on any atom is 0.336 e. The van der Waals surface area contributed by atoms with Gasteiger partial charge in [0.25, 0.3) is 5.69 Å². The Balaban J connectivity index is 2.53. The monoisotopic (exact) mass is 344 g/mol. The summed E-state index contributed by atoms with van der Waals surface area (Å²) in [5, 5.41) is 11.4. The number of ether oxygens (including phenoxy) is 1. The Morgan fingerprint density at radius 1 is 1.32 bits per heavy atom. The Hall–Kier alpha value is -2.63. The van der Waals surface area contributed by atoms with Gasteiger partial charge in [0, 0.05) is 36.0 Å². The lowest BCUT2D eigenvalue weighted by Crippen LogP contribution is -2.28. The molecule has 1 aromatic carbocycles. The van der Waals surface area contributed by atoms with Crippen molar-refractivity contribution in [3.8, 4) is 0 Å². The molecule has 0 aliphatic carbocycles. The lowest BCUT2D eigenvalue weighted by atomic mass is 9.85. The summed E-state index contributed by atoms with van der Waals surface area (Å²) < 4.78 is 5.43. The smallest absolute Gasteiger partial charge is 0.336 e. The van der Waals surface area contributed by atoms with Crippen LogP contribution in [-0.2, 0) is 9.53 Å². The molecule has 1 aliphatic rings. The molecular formula is C19H24N2O4. The molecule has 1 heterocycles. The maximum absolute atomic E-state index is 12.7. The van der Waals surface area contributed by atoms with Crippen LogP contribution >= 0.6 is 0 Å². The molecule has 1 aliphatic heterocycles. The number of nitrogens with zero attached hydrogens (tertiary/aromatic N) is 2. The van der Waals surface area contributed by atoms with Gasteiger partial charge in [-0.25, -0.2) is 4.79 Å². The van der Waals surface area contributed by atoms with Gasteiger partial charge >= 0.3 is 5.97 Å². The summed E-state index contributed by atoms with van der Waals surface area (Å²) in [6, 6.07) is 6.53. The highest BCUT2D eigenvalue weighted by Crippen LogP contribution is 2.39. The second-order valence-electron chi connectivity index (χ2n) is 6.65. The van der Waals surface area contributed by atoms with Gasteiger partial charge in [-0.3, -0.25) is 10.1 Å². The number of hydrogen-bond acceptors (Lipinski definition) is 5. The Morgan fingerprint density at radius 2 is 1.96 bits per heavy atom. The first-order valence-electron chi connectivity index (χ1n) is 8.27. The molecule has 0 saturated carbocycles. The highest BCUT2D eigenvalue weighted by molar-refractivity contribution is 5.92. The molecule has 25 heavy (non-hydrogen) atoms. The van der Waals surface area contributed by atoms with Crippen LogP contribution in [0.1, 0.15) is 39.2 Å². The van der Waals surface area contributed by atoms with E-state index in [2.05, 4.69) is 0 Å². The largest absolute Gasteiger partial charge is 0.462 e. The fourth-order valence-electron chi connectivity index (χ4n) is 2.86. The number of nitro groups is 1. The Labute approximate surface area is 147 Å². The van der Waals surface area contributed by atoms with Crippen LogP contribution < -0.4 is 0 Å². The van der Waals surface area contributed by atoms with Gasteiger partial charge < -0.3 is 9.64 Å². The number of nitro benzene ring substituents is 1. The predicted molar refractivity (Wildman–Crippen MR) is 95.9 cm³/mol. The number of carbonyl (C=O) groups excluding carboxylic acids is 1. The fraction of sp³-hybridized carbons (Fsp3) is 0.421. The number of carbonyl (C=O) groups is 1. The van der Waals surface area contributed by atoms with Gasteiger partial charge in [0.05, 0.1) is 17.1 Å². The number of benzene rings is 1. The van der Waals surface area contributed by atoms with E-state index in [4.69, 9.17) is 4.74 Å². The van der Waals surface area contributed by atoms with E-state index in [1.165, 1.54) is 6.07 Å². The van der Waals surface area contributed by atoms with Gasteiger partial charge in [-0.15, -0.1) is 0 Å². The van der Waals surface area contributed by atoms with Crippen molar-refractivity contribution in [3.05, 3.63) is 63.0 Å². The first-order valence-corrected chi connectivity index (χ1v) is 8.27. The van der Waals surface area contributed by atoms with Crippen LogP contribution in [0.25, 0.3) is 0 Å².